The summed E-state index contributed by atoms with van der Waals surface area (Å²) >= 11 is 0. The van der Waals surface area contributed by atoms with Gasteiger partial charge in [-0.25, -0.2) is 13.8 Å². The number of Topliss-reactive ketones (excluding diaryl/α,β-unsaturated/α-hetero) is 1. The van der Waals surface area contributed by atoms with Gasteiger partial charge in [-0.2, -0.15) is 0 Å². The van der Waals surface area contributed by atoms with Crippen molar-refractivity contribution in [3.05, 3.63) is 23.9 Å². The zero-order chi connectivity index (χ0) is 10.8. The molecule has 0 saturated carbocycles. The summed E-state index contributed by atoms with van der Waals surface area (Å²) in [6.07, 6.45) is 2.17. The zero-order valence-corrected chi connectivity index (χ0v) is 8.04. The Morgan fingerprint density at radius 1 is 1.40 bits per heavy atom. The lowest BCUT2D eigenvalue weighted by atomic mass is 10.1. The summed E-state index contributed by atoms with van der Waals surface area (Å²) in [5, 5.41) is 0. The first-order valence-corrected chi connectivity index (χ1v) is 4.74. The highest BCUT2D eigenvalue weighted by atomic mass is 19.1. The molecule has 3 nitrogen and oxygen atoms in total. The highest BCUT2D eigenvalue weighted by molar-refractivity contribution is 5.84. The SMILES string of the molecule is O=C1CCCN(c2ncc(F)cc2F)C1. The van der Waals surface area contributed by atoms with Crippen molar-refractivity contribution in [2.24, 2.45) is 0 Å². The van der Waals surface area contributed by atoms with Gasteiger partial charge in [-0.15, -0.1) is 0 Å². The molecule has 0 atom stereocenters. The standard InChI is InChI=1S/C10H10F2N2O/c11-7-4-9(12)10(13-5-7)14-3-1-2-8(15)6-14/h4-5H,1-3,6H2. The number of aromatic nitrogens is 1. The van der Waals surface area contributed by atoms with Crippen molar-refractivity contribution in [1.29, 1.82) is 0 Å². The Bertz CT molecular complexity index is 395. The number of hydrogen-bond acceptors (Lipinski definition) is 3. The lowest BCUT2D eigenvalue weighted by Crippen LogP contribution is -2.36. The second kappa shape index (κ2) is 3.92. The predicted molar refractivity (Wildman–Crippen MR) is 50.6 cm³/mol. The number of piperidine rings is 1. The molecule has 80 valence electrons. The first kappa shape index (κ1) is 10.0. The molecule has 5 heteroatoms. The van der Waals surface area contributed by atoms with Gasteiger partial charge >= 0.3 is 0 Å². The molecule has 0 radical (unpaired) electrons. The average molecular weight is 212 g/mol. The van der Waals surface area contributed by atoms with Crippen molar-refractivity contribution in [2.45, 2.75) is 12.8 Å². The fourth-order valence-corrected chi connectivity index (χ4v) is 1.66. The maximum Gasteiger partial charge on any atom is 0.168 e. The van der Waals surface area contributed by atoms with E-state index in [0.717, 1.165) is 12.3 Å². The van der Waals surface area contributed by atoms with E-state index in [4.69, 9.17) is 0 Å². The number of rotatable bonds is 1. The van der Waals surface area contributed by atoms with E-state index in [-0.39, 0.29) is 18.1 Å². The van der Waals surface area contributed by atoms with Crippen LogP contribution in [0.25, 0.3) is 0 Å². The van der Waals surface area contributed by atoms with Gasteiger partial charge in [-0.05, 0) is 6.42 Å². The van der Waals surface area contributed by atoms with Crippen LogP contribution < -0.4 is 4.90 Å². The molecule has 0 aromatic carbocycles. The molecule has 15 heavy (non-hydrogen) atoms. The summed E-state index contributed by atoms with van der Waals surface area (Å²) in [5.41, 5.74) is 0. The van der Waals surface area contributed by atoms with Crippen LogP contribution >= 0.6 is 0 Å². The molecular formula is C10H10F2N2O. The highest BCUT2D eigenvalue weighted by Gasteiger charge is 2.20. The average Bonchev–Trinajstić information content (AvgIpc) is 2.17. The fraction of sp³-hybridized carbons (Fsp3) is 0.400. The summed E-state index contributed by atoms with van der Waals surface area (Å²) in [5.74, 6) is -1.31. The molecule has 1 aromatic rings. The van der Waals surface area contributed by atoms with Gasteiger partial charge in [-0.3, -0.25) is 4.79 Å². The van der Waals surface area contributed by atoms with Crippen LogP contribution in [0, 0.1) is 11.6 Å². The Morgan fingerprint density at radius 2 is 2.20 bits per heavy atom. The van der Waals surface area contributed by atoms with E-state index in [1.807, 2.05) is 0 Å². The number of pyridine rings is 1. The number of anilines is 1. The second-order valence-corrected chi connectivity index (χ2v) is 3.52. The quantitative estimate of drug-likeness (QED) is 0.707. The molecule has 1 saturated heterocycles. The van der Waals surface area contributed by atoms with Crippen molar-refractivity contribution in [2.75, 3.05) is 18.0 Å². The van der Waals surface area contributed by atoms with E-state index in [0.29, 0.717) is 19.4 Å². The summed E-state index contributed by atoms with van der Waals surface area (Å²) < 4.78 is 25.9. The molecule has 1 aromatic heterocycles. The summed E-state index contributed by atoms with van der Waals surface area (Å²) in [7, 11) is 0. The molecular weight excluding hydrogens is 202 g/mol. The second-order valence-electron chi connectivity index (χ2n) is 3.52. The van der Waals surface area contributed by atoms with Crippen molar-refractivity contribution in [3.63, 3.8) is 0 Å². The largest absolute Gasteiger partial charge is 0.347 e. The summed E-state index contributed by atoms with van der Waals surface area (Å²) in [6.45, 7) is 0.747. The number of carbonyl (C=O) groups is 1. The maximum atomic E-state index is 13.3. The van der Waals surface area contributed by atoms with E-state index in [1.165, 1.54) is 0 Å². The molecule has 2 heterocycles. The number of halogens is 2. The Hall–Kier alpha value is -1.52. The van der Waals surface area contributed by atoms with Gasteiger partial charge in [0.15, 0.2) is 17.4 Å². The van der Waals surface area contributed by atoms with Crippen LogP contribution in [0.2, 0.25) is 0 Å². The molecule has 2 rings (SSSR count). The first-order valence-electron chi connectivity index (χ1n) is 4.74. The normalized spacial score (nSPS) is 16.9. The van der Waals surface area contributed by atoms with Gasteiger partial charge < -0.3 is 4.90 Å². The number of carbonyl (C=O) groups excluding carboxylic acids is 1. The van der Waals surface area contributed by atoms with Gasteiger partial charge in [0.1, 0.15) is 5.82 Å². The van der Waals surface area contributed by atoms with E-state index in [1.54, 1.807) is 4.90 Å². The predicted octanol–water partition coefficient (Wildman–Crippen LogP) is 1.53. The Labute approximate surface area is 85.7 Å². The van der Waals surface area contributed by atoms with Gasteiger partial charge in [0.2, 0.25) is 0 Å². The van der Waals surface area contributed by atoms with Crippen molar-refractivity contribution < 1.29 is 13.6 Å². The minimum absolute atomic E-state index is 0.0597. The van der Waals surface area contributed by atoms with Gasteiger partial charge in [0.25, 0.3) is 0 Å². The minimum atomic E-state index is -0.718. The van der Waals surface area contributed by atoms with E-state index < -0.39 is 11.6 Å². The Kier molecular flexibility index (Phi) is 2.62. The van der Waals surface area contributed by atoms with Crippen LogP contribution in [0.4, 0.5) is 14.6 Å². The zero-order valence-electron chi connectivity index (χ0n) is 8.04. The Balaban J connectivity index is 2.24. The molecule has 1 aliphatic rings. The third-order valence-corrected chi connectivity index (χ3v) is 2.34. The Morgan fingerprint density at radius 3 is 2.87 bits per heavy atom. The van der Waals surface area contributed by atoms with Crippen LogP contribution in [0.5, 0.6) is 0 Å². The number of nitrogens with zero attached hydrogens (tertiary/aromatic N) is 2. The van der Waals surface area contributed by atoms with Crippen LogP contribution in [-0.4, -0.2) is 23.9 Å². The van der Waals surface area contributed by atoms with Crippen molar-refractivity contribution in [3.8, 4) is 0 Å². The lowest BCUT2D eigenvalue weighted by molar-refractivity contribution is -0.118. The van der Waals surface area contributed by atoms with Crippen LogP contribution in [0.1, 0.15) is 12.8 Å². The monoisotopic (exact) mass is 212 g/mol. The van der Waals surface area contributed by atoms with Crippen LogP contribution in [0.15, 0.2) is 12.3 Å². The van der Waals surface area contributed by atoms with E-state index in [2.05, 4.69) is 4.98 Å². The smallest absolute Gasteiger partial charge is 0.168 e. The molecule has 0 bridgehead atoms. The highest BCUT2D eigenvalue weighted by Crippen LogP contribution is 2.19. The third kappa shape index (κ3) is 2.11. The first-order chi connectivity index (χ1) is 7.16. The van der Waals surface area contributed by atoms with Crippen molar-refractivity contribution >= 4 is 11.6 Å². The number of hydrogen-bond donors (Lipinski definition) is 0. The molecule has 0 unspecified atom stereocenters. The third-order valence-electron chi connectivity index (χ3n) is 2.34. The van der Waals surface area contributed by atoms with Crippen molar-refractivity contribution in [1.82, 2.24) is 4.98 Å². The van der Waals surface area contributed by atoms with Gasteiger partial charge in [-0.1, -0.05) is 0 Å². The van der Waals surface area contributed by atoms with Gasteiger partial charge in [0, 0.05) is 19.0 Å². The topological polar surface area (TPSA) is 33.2 Å². The van der Waals surface area contributed by atoms with E-state index in [9.17, 15) is 13.6 Å². The fourth-order valence-electron chi connectivity index (χ4n) is 1.66. The van der Waals surface area contributed by atoms with Crippen LogP contribution in [0.3, 0.4) is 0 Å². The minimum Gasteiger partial charge on any atom is -0.347 e. The molecule has 0 amide bonds. The maximum absolute atomic E-state index is 13.3. The van der Waals surface area contributed by atoms with E-state index >= 15 is 0 Å². The summed E-state index contributed by atoms with van der Waals surface area (Å²) in [4.78, 5) is 16.4. The number of ketones is 1. The van der Waals surface area contributed by atoms with Gasteiger partial charge in [0.05, 0.1) is 12.7 Å². The molecule has 1 aliphatic heterocycles. The molecule has 0 N–H and O–H groups in total. The molecule has 0 aliphatic carbocycles. The molecule has 1 fully saturated rings. The lowest BCUT2D eigenvalue weighted by Gasteiger charge is -2.26. The summed E-state index contributed by atoms with van der Waals surface area (Å²) in [6, 6.07) is 0.779. The van der Waals surface area contributed by atoms with Crippen LogP contribution in [-0.2, 0) is 4.79 Å². The molecule has 0 spiro atoms.